The molecule has 28 heavy (non-hydrogen) atoms. The molecule has 1 N–H and O–H groups in total. The Bertz CT molecular complexity index is 868. The predicted octanol–water partition coefficient (Wildman–Crippen LogP) is 4.70. The Morgan fingerprint density at radius 1 is 1.11 bits per heavy atom. The Morgan fingerprint density at radius 2 is 1.79 bits per heavy atom. The third kappa shape index (κ3) is 4.73. The predicted molar refractivity (Wildman–Crippen MR) is 109 cm³/mol. The summed E-state index contributed by atoms with van der Waals surface area (Å²) in [6, 6.07) is 16.0. The lowest BCUT2D eigenvalue weighted by atomic mass is 9.77. The molecule has 152 valence electrons. The third-order valence-electron chi connectivity index (χ3n) is 5.35. The van der Waals surface area contributed by atoms with Gasteiger partial charge < -0.3 is 4.74 Å². The summed E-state index contributed by atoms with van der Waals surface area (Å²) in [5, 5.41) is -0.590. The highest BCUT2D eigenvalue weighted by atomic mass is 32.2. The summed E-state index contributed by atoms with van der Waals surface area (Å²) in [6.45, 7) is 3.64. The van der Waals surface area contributed by atoms with Crippen molar-refractivity contribution in [2.45, 2.75) is 63.1 Å². The van der Waals surface area contributed by atoms with E-state index in [0.29, 0.717) is 30.8 Å². The smallest absolute Gasteiger partial charge is 0.214 e. The average molecular weight is 406 g/mol. The average Bonchev–Trinajstić information content (AvgIpc) is 2.69. The summed E-state index contributed by atoms with van der Waals surface area (Å²) in [6.07, 6.45) is 2.36. The van der Waals surface area contributed by atoms with Gasteiger partial charge in [0.15, 0.2) is 5.67 Å². The first-order valence-electron chi connectivity index (χ1n) is 9.78. The fourth-order valence-corrected chi connectivity index (χ4v) is 4.51. The number of hydrogen-bond acceptors (Lipinski definition) is 3. The number of sulfonamides is 1. The Hall–Kier alpha value is -1.92. The van der Waals surface area contributed by atoms with Crippen molar-refractivity contribution >= 4 is 10.0 Å². The van der Waals surface area contributed by atoms with Gasteiger partial charge in [0.2, 0.25) is 10.0 Å². The van der Waals surface area contributed by atoms with E-state index in [2.05, 4.69) is 4.72 Å². The lowest BCUT2D eigenvalue weighted by Crippen LogP contribution is -2.51. The second-order valence-electron chi connectivity index (χ2n) is 7.67. The van der Waals surface area contributed by atoms with E-state index >= 15 is 4.39 Å². The van der Waals surface area contributed by atoms with Crippen LogP contribution in [0, 0.1) is 0 Å². The van der Waals surface area contributed by atoms with Crippen molar-refractivity contribution in [1.29, 1.82) is 0 Å². The minimum Gasteiger partial charge on any atom is -0.489 e. The molecule has 3 rings (SSSR count). The molecule has 1 saturated carbocycles. The first kappa shape index (κ1) is 20.8. The van der Waals surface area contributed by atoms with Gasteiger partial charge in [-0.3, -0.25) is 0 Å². The maximum atomic E-state index is 16.0. The molecule has 0 bridgehead atoms. The number of hydrogen-bond donors (Lipinski definition) is 1. The highest BCUT2D eigenvalue weighted by Gasteiger charge is 2.44. The van der Waals surface area contributed by atoms with Gasteiger partial charge in [0.25, 0.3) is 0 Å². The molecular formula is C22H28FNO3S. The molecule has 0 aromatic heterocycles. The van der Waals surface area contributed by atoms with Crippen LogP contribution in [-0.4, -0.2) is 19.7 Å². The van der Waals surface area contributed by atoms with Crippen molar-refractivity contribution < 1.29 is 17.5 Å². The van der Waals surface area contributed by atoms with Crippen LogP contribution >= 0.6 is 0 Å². The van der Waals surface area contributed by atoms with Gasteiger partial charge in [-0.15, -0.1) is 0 Å². The number of halogens is 1. The van der Waals surface area contributed by atoms with Crippen LogP contribution in [0.2, 0.25) is 0 Å². The molecule has 0 unspecified atom stereocenters. The van der Waals surface area contributed by atoms with Gasteiger partial charge in [0, 0.05) is 0 Å². The topological polar surface area (TPSA) is 55.4 Å². The maximum Gasteiger partial charge on any atom is 0.214 e. The molecule has 0 aliphatic heterocycles. The fourth-order valence-electron chi connectivity index (χ4n) is 3.54. The van der Waals surface area contributed by atoms with Gasteiger partial charge in [-0.2, -0.15) is 0 Å². The molecule has 0 radical (unpaired) electrons. The van der Waals surface area contributed by atoms with Crippen molar-refractivity contribution in [3.63, 3.8) is 0 Å². The van der Waals surface area contributed by atoms with Crippen LogP contribution in [0.5, 0.6) is 5.75 Å². The SMILES string of the molecule is CC(C)S(=O)(=O)N[C@H]1CCCC[C@]1(F)c1ccc(OCc2ccccc2)cc1. The van der Waals surface area contributed by atoms with E-state index < -0.39 is 27.0 Å². The van der Waals surface area contributed by atoms with Gasteiger partial charge in [-0.1, -0.05) is 48.9 Å². The lowest BCUT2D eigenvalue weighted by molar-refractivity contribution is 0.0711. The van der Waals surface area contributed by atoms with Crippen LogP contribution < -0.4 is 9.46 Å². The van der Waals surface area contributed by atoms with Gasteiger partial charge >= 0.3 is 0 Å². The van der Waals surface area contributed by atoms with Crippen LogP contribution in [0.15, 0.2) is 54.6 Å². The van der Waals surface area contributed by atoms with Crippen molar-refractivity contribution in [3.05, 3.63) is 65.7 Å². The quantitative estimate of drug-likeness (QED) is 0.726. The van der Waals surface area contributed by atoms with Crippen LogP contribution in [0.1, 0.15) is 50.7 Å². The molecule has 2 atom stereocenters. The molecule has 2 aromatic carbocycles. The highest BCUT2D eigenvalue weighted by Crippen LogP contribution is 2.42. The monoisotopic (exact) mass is 405 g/mol. The van der Waals surface area contributed by atoms with Crippen molar-refractivity contribution in [2.75, 3.05) is 0 Å². The molecule has 1 aliphatic carbocycles. The van der Waals surface area contributed by atoms with E-state index in [1.54, 1.807) is 38.1 Å². The second kappa shape index (κ2) is 8.62. The molecule has 0 saturated heterocycles. The van der Waals surface area contributed by atoms with Gasteiger partial charge in [-0.05, 0) is 56.4 Å². The largest absolute Gasteiger partial charge is 0.489 e. The number of nitrogens with one attached hydrogen (secondary N) is 1. The van der Waals surface area contributed by atoms with Gasteiger partial charge in [-0.25, -0.2) is 17.5 Å². The Kier molecular flexibility index (Phi) is 6.40. The molecule has 6 heteroatoms. The maximum absolute atomic E-state index is 16.0. The summed E-state index contributed by atoms with van der Waals surface area (Å²) in [4.78, 5) is 0. The molecule has 0 spiro atoms. The first-order chi connectivity index (χ1) is 13.3. The molecule has 0 amide bonds. The van der Waals surface area contributed by atoms with Gasteiger partial charge in [0.1, 0.15) is 12.4 Å². The van der Waals surface area contributed by atoms with Crippen LogP contribution in [0.4, 0.5) is 4.39 Å². The number of benzene rings is 2. The van der Waals surface area contributed by atoms with E-state index in [0.717, 1.165) is 18.4 Å². The van der Waals surface area contributed by atoms with Crippen LogP contribution in [0.25, 0.3) is 0 Å². The van der Waals surface area contributed by atoms with Crippen LogP contribution in [-0.2, 0) is 22.3 Å². The number of alkyl halides is 1. The highest BCUT2D eigenvalue weighted by molar-refractivity contribution is 7.90. The summed E-state index contributed by atoms with van der Waals surface area (Å²) >= 11 is 0. The standard InChI is InChI=1S/C22H28FNO3S/c1-17(2)28(25,26)24-21-10-6-7-15-22(21,23)19-11-13-20(14-12-19)27-16-18-8-4-3-5-9-18/h3-5,8-9,11-14,17,21,24H,6-7,10,15-16H2,1-2H3/t21-,22-/m0/s1. The summed E-state index contributed by atoms with van der Waals surface area (Å²) in [5.41, 5.74) is -0.155. The molecule has 2 aromatic rings. The zero-order valence-electron chi connectivity index (χ0n) is 16.4. The Morgan fingerprint density at radius 3 is 2.43 bits per heavy atom. The van der Waals surface area contributed by atoms with E-state index in [1.807, 2.05) is 30.3 Å². The lowest BCUT2D eigenvalue weighted by Gasteiger charge is -2.38. The number of ether oxygens (including phenoxy) is 1. The van der Waals surface area contributed by atoms with E-state index in [1.165, 1.54) is 0 Å². The Balaban J connectivity index is 1.74. The van der Waals surface area contributed by atoms with E-state index in [-0.39, 0.29) is 0 Å². The molecule has 4 nitrogen and oxygen atoms in total. The minimum absolute atomic E-state index is 0.308. The van der Waals surface area contributed by atoms with E-state index in [9.17, 15) is 8.42 Å². The summed E-state index contributed by atoms with van der Waals surface area (Å²) in [5.74, 6) is 0.659. The van der Waals surface area contributed by atoms with Crippen LogP contribution in [0.3, 0.4) is 0 Å². The summed E-state index contributed by atoms with van der Waals surface area (Å²) < 4.78 is 48.9. The fraction of sp³-hybridized carbons (Fsp3) is 0.455. The molecule has 1 aliphatic rings. The normalized spacial score (nSPS) is 22.9. The zero-order valence-corrected chi connectivity index (χ0v) is 17.2. The molecular weight excluding hydrogens is 377 g/mol. The molecule has 0 heterocycles. The first-order valence-corrected chi connectivity index (χ1v) is 11.3. The van der Waals surface area contributed by atoms with Gasteiger partial charge in [0.05, 0.1) is 11.3 Å². The van der Waals surface area contributed by atoms with Crippen molar-refractivity contribution in [2.24, 2.45) is 0 Å². The summed E-state index contributed by atoms with van der Waals surface area (Å²) in [7, 11) is -3.54. The second-order valence-corrected chi connectivity index (χ2v) is 9.94. The van der Waals surface area contributed by atoms with E-state index in [4.69, 9.17) is 4.74 Å². The zero-order chi connectivity index (χ0) is 20.2. The number of rotatable bonds is 7. The molecule has 1 fully saturated rings. The Labute approximate surface area is 167 Å². The minimum atomic E-state index is -3.54. The third-order valence-corrected chi connectivity index (χ3v) is 7.20. The van der Waals surface area contributed by atoms with Crippen molar-refractivity contribution in [3.8, 4) is 5.75 Å². The van der Waals surface area contributed by atoms with Crippen molar-refractivity contribution in [1.82, 2.24) is 4.72 Å².